The SMILES string of the molecule is O=C1C2=c3ccccc3=NC2=Cc2ccccc21. The summed E-state index contributed by atoms with van der Waals surface area (Å²) in [5.74, 6) is 0.0804. The highest BCUT2D eigenvalue weighted by Gasteiger charge is 2.26. The second kappa shape index (κ2) is 3.26. The van der Waals surface area contributed by atoms with Crippen LogP contribution in [0.25, 0.3) is 11.6 Å². The van der Waals surface area contributed by atoms with Crippen molar-refractivity contribution in [1.82, 2.24) is 0 Å². The van der Waals surface area contributed by atoms with E-state index in [0.29, 0.717) is 0 Å². The van der Waals surface area contributed by atoms with E-state index in [4.69, 9.17) is 0 Å². The molecule has 2 aliphatic rings. The average molecular weight is 231 g/mol. The number of rotatable bonds is 0. The molecule has 0 spiro atoms. The maximum Gasteiger partial charge on any atom is 0.196 e. The van der Waals surface area contributed by atoms with E-state index in [1.807, 2.05) is 54.6 Å². The number of carbonyl (C=O) groups is 1. The van der Waals surface area contributed by atoms with Crippen LogP contribution in [0.2, 0.25) is 0 Å². The fraction of sp³-hybridized carbons (Fsp3) is 0. The largest absolute Gasteiger partial charge is 0.288 e. The molecule has 2 nitrogen and oxygen atoms in total. The van der Waals surface area contributed by atoms with Crippen molar-refractivity contribution in [2.45, 2.75) is 0 Å². The number of hydrogen-bond acceptors (Lipinski definition) is 2. The van der Waals surface area contributed by atoms with Crippen LogP contribution in [0.5, 0.6) is 0 Å². The van der Waals surface area contributed by atoms with Crippen molar-refractivity contribution in [3.05, 3.63) is 75.9 Å². The third-order valence-corrected chi connectivity index (χ3v) is 3.40. The molecule has 2 aromatic rings. The van der Waals surface area contributed by atoms with Gasteiger partial charge in [0.05, 0.1) is 16.6 Å². The summed E-state index contributed by atoms with van der Waals surface area (Å²) >= 11 is 0. The molecule has 0 N–H and O–H groups in total. The van der Waals surface area contributed by atoms with Gasteiger partial charge in [0.15, 0.2) is 5.78 Å². The van der Waals surface area contributed by atoms with E-state index in [1.54, 1.807) is 0 Å². The highest BCUT2D eigenvalue weighted by molar-refractivity contribution is 6.32. The first-order valence-corrected chi connectivity index (χ1v) is 5.88. The molecule has 1 aliphatic carbocycles. The van der Waals surface area contributed by atoms with E-state index in [2.05, 4.69) is 4.99 Å². The summed E-state index contributed by atoms with van der Waals surface area (Å²) in [6.45, 7) is 0. The summed E-state index contributed by atoms with van der Waals surface area (Å²) in [4.78, 5) is 17.0. The number of carbonyl (C=O) groups excluding carboxylic acids is 1. The molecular formula is C16H9NO. The quantitative estimate of drug-likeness (QED) is 0.678. The molecule has 0 saturated carbocycles. The van der Waals surface area contributed by atoms with Crippen LogP contribution in [-0.4, -0.2) is 5.78 Å². The minimum atomic E-state index is 0.0804. The normalized spacial score (nSPS) is 15.4. The van der Waals surface area contributed by atoms with Crippen LogP contribution < -0.4 is 10.6 Å². The molecule has 84 valence electrons. The molecule has 1 aliphatic heterocycles. The number of para-hydroxylation sites is 1. The van der Waals surface area contributed by atoms with E-state index in [0.717, 1.165) is 33.0 Å². The van der Waals surface area contributed by atoms with Gasteiger partial charge in [-0.2, -0.15) is 0 Å². The van der Waals surface area contributed by atoms with Crippen LogP contribution in [0.15, 0.2) is 59.2 Å². The van der Waals surface area contributed by atoms with Gasteiger partial charge in [0, 0.05) is 10.8 Å². The van der Waals surface area contributed by atoms with Gasteiger partial charge in [-0.25, -0.2) is 4.99 Å². The third-order valence-electron chi connectivity index (χ3n) is 3.40. The van der Waals surface area contributed by atoms with Gasteiger partial charge in [-0.1, -0.05) is 42.5 Å². The zero-order chi connectivity index (χ0) is 12.1. The lowest BCUT2D eigenvalue weighted by Crippen LogP contribution is -2.25. The van der Waals surface area contributed by atoms with Gasteiger partial charge in [-0.3, -0.25) is 4.79 Å². The van der Waals surface area contributed by atoms with Gasteiger partial charge in [-0.05, 0) is 17.7 Å². The summed E-state index contributed by atoms with van der Waals surface area (Å²) in [7, 11) is 0. The number of fused-ring (bicyclic) bond motifs is 3. The second-order valence-electron chi connectivity index (χ2n) is 4.45. The lowest BCUT2D eigenvalue weighted by atomic mass is 9.90. The van der Waals surface area contributed by atoms with Crippen molar-refractivity contribution < 1.29 is 4.79 Å². The van der Waals surface area contributed by atoms with Crippen LogP contribution in [0, 0.1) is 0 Å². The first-order valence-electron chi connectivity index (χ1n) is 5.88. The molecule has 2 aromatic carbocycles. The Morgan fingerprint density at radius 3 is 2.61 bits per heavy atom. The lowest BCUT2D eigenvalue weighted by molar-refractivity contribution is 0.105. The Morgan fingerprint density at radius 1 is 0.889 bits per heavy atom. The minimum Gasteiger partial charge on any atom is -0.288 e. The summed E-state index contributed by atoms with van der Waals surface area (Å²) in [6.07, 6.45) is 1.99. The minimum absolute atomic E-state index is 0.0804. The molecule has 2 heteroatoms. The molecule has 1 heterocycles. The molecule has 0 saturated heterocycles. The molecule has 0 atom stereocenters. The zero-order valence-electron chi connectivity index (χ0n) is 9.55. The first kappa shape index (κ1) is 9.54. The van der Waals surface area contributed by atoms with Crippen molar-refractivity contribution in [1.29, 1.82) is 0 Å². The molecule has 0 amide bonds. The Kier molecular flexibility index (Phi) is 1.73. The fourth-order valence-electron chi connectivity index (χ4n) is 2.56. The summed E-state index contributed by atoms with van der Waals surface area (Å²) < 4.78 is 0. The molecule has 0 radical (unpaired) electrons. The molecular weight excluding hydrogens is 222 g/mol. The Hall–Kier alpha value is -2.48. The second-order valence-corrected chi connectivity index (χ2v) is 4.45. The van der Waals surface area contributed by atoms with Gasteiger partial charge >= 0.3 is 0 Å². The van der Waals surface area contributed by atoms with Crippen LogP contribution in [-0.2, 0) is 0 Å². The summed E-state index contributed by atoms with van der Waals surface area (Å²) in [6, 6.07) is 15.5. The van der Waals surface area contributed by atoms with Crippen molar-refractivity contribution in [2.24, 2.45) is 4.99 Å². The van der Waals surface area contributed by atoms with Gasteiger partial charge in [-0.15, -0.1) is 0 Å². The number of nitrogens with zero attached hydrogens (tertiary/aromatic N) is 1. The van der Waals surface area contributed by atoms with Gasteiger partial charge < -0.3 is 0 Å². The third kappa shape index (κ3) is 1.12. The van der Waals surface area contributed by atoms with Crippen LogP contribution in [0.4, 0.5) is 0 Å². The molecule has 0 aromatic heterocycles. The zero-order valence-corrected chi connectivity index (χ0v) is 9.55. The molecule has 0 fully saturated rings. The maximum absolute atomic E-state index is 12.5. The van der Waals surface area contributed by atoms with E-state index in [1.165, 1.54) is 0 Å². The van der Waals surface area contributed by atoms with Crippen LogP contribution in [0.3, 0.4) is 0 Å². The molecule has 0 bridgehead atoms. The van der Waals surface area contributed by atoms with Crippen molar-refractivity contribution in [3.63, 3.8) is 0 Å². The Balaban J connectivity index is 2.15. The van der Waals surface area contributed by atoms with Crippen molar-refractivity contribution in [3.8, 4) is 0 Å². The highest BCUT2D eigenvalue weighted by atomic mass is 16.1. The van der Waals surface area contributed by atoms with Crippen molar-refractivity contribution in [2.75, 3.05) is 0 Å². The van der Waals surface area contributed by atoms with E-state index < -0.39 is 0 Å². The fourth-order valence-corrected chi connectivity index (χ4v) is 2.56. The van der Waals surface area contributed by atoms with Crippen LogP contribution in [0.1, 0.15) is 15.9 Å². The predicted molar refractivity (Wildman–Crippen MR) is 69.4 cm³/mol. The van der Waals surface area contributed by atoms with E-state index in [9.17, 15) is 4.79 Å². The number of Topliss-reactive ketones (excluding diaryl/α,β-unsaturated/α-hetero) is 1. The van der Waals surface area contributed by atoms with Gasteiger partial charge in [0.1, 0.15) is 0 Å². The van der Waals surface area contributed by atoms with Gasteiger partial charge in [0.25, 0.3) is 0 Å². The number of allylic oxidation sites excluding steroid dienone is 1. The standard InChI is InChI=1S/C16H9NO/c18-16-11-6-2-1-5-10(11)9-14-15(16)12-7-3-4-8-13(12)17-14/h1-9H. The number of ketones is 1. The molecule has 0 unspecified atom stereocenters. The average Bonchev–Trinajstić information content (AvgIpc) is 2.77. The Bertz CT molecular complexity index is 843. The van der Waals surface area contributed by atoms with E-state index >= 15 is 0 Å². The Morgan fingerprint density at radius 2 is 1.67 bits per heavy atom. The van der Waals surface area contributed by atoms with Crippen LogP contribution >= 0.6 is 0 Å². The number of hydrogen-bond donors (Lipinski definition) is 0. The molecule has 4 rings (SSSR count). The predicted octanol–water partition coefficient (Wildman–Crippen LogP) is 1.71. The lowest BCUT2D eigenvalue weighted by Gasteiger charge is -2.13. The smallest absolute Gasteiger partial charge is 0.196 e. The maximum atomic E-state index is 12.5. The van der Waals surface area contributed by atoms with E-state index in [-0.39, 0.29) is 5.78 Å². The van der Waals surface area contributed by atoms with Gasteiger partial charge in [0.2, 0.25) is 0 Å². The highest BCUT2D eigenvalue weighted by Crippen LogP contribution is 2.29. The molecule has 18 heavy (non-hydrogen) atoms. The topological polar surface area (TPSA) is 29.4 Å². The van der Waals surface area contributed by atoms with Crippen molar-refractivity contribution >= 4 is 17.4 Å². The summed E-state index contributed by atoms with van der Waals surface area (Å²) in [5.41, 5.74) is 3.25. The first-order chi connectivity index (χ1) is 8.84. The summed E-state index contributed by atoms with van der Waals surface area (Å²) in [5, 5.41) is 1.84. The number of benzene rings is 2. The Labute approximate surface area is 104 Å². The monoisotopic (exact) mass is 231 g/mol.